The van der Waals surface area contributed by atoms with Gasteiger partial charge in [0.2, 0.25) is 0 Å². The molecule has 1 aliphatic heterocycles. The predicted octanol–water partition coefficient (Wildman–Crippen LogP) is 2.07. The van der Waals surface area contributed by atoms with Crippen molar-refractivity contribution < 1.29 is 4.39 Å². The Morgan fingerprint density at radius 3 is 2.47 bits per heavy atom. The summed E-state index contributed by atoms with van der Waals surface area (Å²) in [5.41, 5.74) is 2.19. The summed E-state index contributed by atoms with van der Waals surface area (Å²) in [4.78, 5) is 4.78. The quantitative estimate of drug-likeness (QED) is 0.902. The van der Waals surface area contributed by atoms with Gasteiger partial charge in [0.25, 0.3) is 0 Å². The molecule has 0 saturated carbocycles. The third-order valence-electron chi connectivity index (χ3n) is 4.11. The number of likely N-dealkylation sites (N-methyl/N-ethyl adjacent to an activating group) is 1. The van der Waals surface area contributed by atoms with E-state index in [1.807, 2.05) is 13.1 Å². The zero-order chi connectivity index (χ0) is 14.0. The van der Waals surface area contributed by atoms with E-state index in [1.54, 1.807) is 12.1 Å². The molecule has 0 bridgehead atoms. The molecule has 1 N–H and O–H groups in total. The highest BCUT2D eigenvalue weighted by Crippen LogP contribution is 2.26. The highest BCUT2D eigenvalue weighted by molar-refractivity contribution is 5.54. The largest absolute Gasteiger partial charge is 0.368 e. The first kappa shape index (κ1) is 14.3. The standard InChI is InChI=1S/C15H24FN3/c1-11-9-19(10-12(2)18(11)4)15-6-5-14(16)7-13(15)8-17-3/h5-7,11-12,17H,8-10H2,1-4H3. The van der Waals surface area contributed by atoms with Crippen molar-refractivity contribution in [3.63, 3.8) is 0 Å². The van der Waals surface area contributed by atoms with Gasteiger partial charge in [-0.2, -0.15) is 0 Å². The van der Waals surface area contributed by atoms with Crippen LogP contribution in [0.15, 0.2) is 18.2 Å². The maximum atomic E-state index is 13.4. The van der Waals surface area contributed by atoms with Crippen molar-refractivity contribution in [3.05, 3.63) is 29.6 Å². The molecule has 1 aliphatic rings. The van der Waals surface area contributed by atoms with Crippen molar-refractivity contribution in [1.82, 2.24) is 10.2 Å². The summed E-state index contributed by atoms with van der Waals surface area (Å²) in [6.07, 6.45) is 0. The van der Waals surface area contributed by atoms with Gasteiger partial charge in [-0.05, 0) is 51.7 Å². The molecule has 106 valence electrons. The highest BCUT2D eigenvalue weighted by atomic mass is 19.1. The number of nitrogens with one attached hydrogen (secondary N) is 1. The smallest absolute Gasteiger partial charge is 0.123 e. The van der Waals surface area contributed by atoms with Gasteiger partial charge < -0.3 is 10.2 Å². The molecule has 0 spiro atoms. The Labute approximate surface area is 115 Å². The van der Waals surface area contributed by atoms with E-state index in [1.165, 1.54) is 0 Å². The molecule has 2 unspecified atom stereocenters. The normalized spacial score (nSPS) is 24.8. The van der Waals surface area contributed by atoms with Crippen LogP contribution in [-0.2, 0) is 6.54 Å². The highest BCUT2D eigenvalue weighted by Gasteiger charge is 2.27. The van der Waals surface area contributed by atoms with Gasteiger partial charge >= 0.3 is 0 Å². The fourth-order valence-corrected chi connectivity index (χ4v) is 2.80. The maximum absolute atomic E-state index is 13.4. The van der Waals surface area contributed by atoms with Gasteiger partial charge in [-0.1, -0.05) is 0 Å². The first-order valence-corrected chi connectivity index (χ1v) is 6.92. The van der Waals surface area contributed by atoms with Crippen LogP contribution >= 0.6 is 0 Å². The molecule has 2 atom stereocenters. The molecule has 0 radical (unpaired) electrons. The lowest BCUT2D eigenvalue weighted by molar-refractivity contribution is 0.170. The topological polar surface area (TPSA) is 18.5 Å². The molecule has 3 nitrogen and oxygen atoms in total. The van der Waals surface area contributed by atoms with E-state index in [9.17, 15) is 4.39 Å². The van der Waals surface area contributed by atoms with E-state index in [2.05, 4.69) is 36.0 Å². The Kier molecular flexibility index (Phi) is 4.42. The van der Waals surface area contributed by atoms with Crippen LogP contribution in [0, 0.1) is 5.82 Å². The molecule has 1 saturated heterocycles. The average Bonchev–Trinajstić information content (AvgIpc) is 2.36. The van der Waals surface area contributed by atoms with Crippen LogP contribution in [0.2, 0.25) is 0 Å². The molecular formula is C15H24FN3. The van der Waals surface area contributed by atoms with E-state index in [4.69, 9.17) is 0 Å². The minimum Gasteiger partial charge on any atom is -0.368 e. The minimum absolute atomic E-state index is 0.163. The van der Waals surface area contributed by atoms with Crippen molar-refractivity contribution in [2.24, 2.45) is 0 Å². The summed E-state index contributed by atoms with van der Waals surface area (Å²) >= 11 is 0. The number of benzene rings is 1. The molecule has 19 heavy (non-hydrogen) atoms. The Morgan fingerprint density at radius 1 is 1.26 bits per heavy atom. The number of nitrogens with zero attached hydrogens (tertiary/aromatic N) is 2. The number of anilines is 1. The third-order valence-corrected chi connectivity index (χ3v) is 4.11. The van der Waals surface area contributed by atoms with Crippen molar-refractivity contribution in [3.8, 4) is 0 Å². The molecule has 4 heteroatoms. The van der Waals surface area contributed by atoms with Crippen LogP contribution < -0.4 is 10.2 Å². The molecule has 1 heterocycles. The second kappa shape index (κ2) is 5.88. The van der Waals surface area contributed by atoms with E-state index in [0.29, 0.717) is 18.6 Å². The fourth-order valence-electron chi connectivity index (χ4n) is 2.80. The van der Waals surface area contributed by atoms with E-state index in [-0.39, 0.29) is 5.82 Å². The lowest BCUT2D eigenvalue weighted by Gasteiger charge is -2.44. The second-order valence-electron chi connectivity index (χ2n) is 5.57. The number of piperazine rings is 1. The van der Waals surface area contributed by atoms with Crippen LogP contribution in [0.5, 0.6) is 0 Å². The number of halogens is 1. The first-order valence-electron chi connectivity index (χ1n) is 6.92. The Bertz CT molecular complexity index is 423. The lowest BCUT2D eigenvalue weighted by Crippen LogP contribution is -2.55. The number of rotatable bonds is 3. The number of hydrogen-bond acceptors (Lipinski definition) is 3. The van der Waals surface area contributed by atoms with Gasteiger partial charge in [0, 0.05) is 37.4 Å². The predicted molar refractivity (Wildman–Crippen MR) is 78.1 cm³/mol. The molecule has 0 aromatic heterocycles. The van der Waals surface area contributed by atoms with Crippen LogP contribution in [0.25, 0.3) is 0 Å². The van der Waals surface area contributed by atoms with Crippen molar-refractivity contribution >= 4 is 5.69 Å². The van der Waals surface area contributed by atoms with Gasteiger partial charge in [0.05, 0.1) is 0 Å². The monoisotopic (exact) mass is 265 g/mol. The summed E-state index contributed by atoms with van der Waals surface area (Å²) in [7, 11) is 4.07. The van der Waals surface area contributed by atoms with Gasteiger partial charge in [0.1, 0.15) is 5.82 Å². The van der Waals surface area contributed by atoms with Crippen molar-refractivity contribution in [2.75, 3.05) is 32.1 Å². The Balaban J connectivity index is 2.26. The summed E-state index contributed by atoms with van der Waals surface area (Å²) in [6, 6.07) is 6.13. The number of hydrogen-bond donors (Lipinski definition) is 1. The zero-order valence-corrected chi connectivity index (χ0v) is 12.3. The molecule has 1 fully saturated rings. The second-order valence-corrected chi connectivity index (χ2v) is 5.57. The molecule has 0 amide bonds. The van der Waals surface area contributed by atoms with E-state index < -0.39 is 0 Å². The molecular weight excluding hydrogens is 241 g/mol. The summed E-state index contributed by atoms with van der Waals surface area (Å²) < 4.78 is 13.4. The van der Waals surface area contributed by atoms with Crippen molar-refractivity contribution in [2.45, 2.75) is 32.5 Å². The molecule has 1 aromatic rings. The maximum Gasteiger partial charge on any atom is 0.123 e. The molecule has 0 aliphatic carbocycles. The summed E-state index contributed by atoms with van der Waals surface area (Å²) in [5.74, 6) is -0.163. The SMILES string of the molecule is CNCc1cc(F)ccc1N1CC(C)N(C)C(C)C1. The summed E-state index contributed by atoms with van der Waals surface area (Å²) in [6.45, 7) is 7.16. The lowest BCUT2D eigenvalue weighted by atomic mass is 10.1. The van der Waals surface area contributed by atoms with Crippen molar-refractivity contribution in [1.29, 1.82) is 0 Å². The van der Waals surface area contributed by atoms with Gasteiger partial charge in [-0.3, -0.25) is 4.90 Å². The van der Waals surface area contributed by atoms with E-state index in [0.717, 1.165) is 24.3 Å². The van der Waals surface area contributed by atoms with Gasteiger partial charge in [-0.15, -0.1) is 0 Å². The molecule has 1 aromatic carbocycles. The minimum atomic E-state index is -0.163. The van der Waals surface area contributed by atoms with E-state index >= 15 is 0 Å². The summed E-state index contributed by atoms with van der Waals surface area (Å²) in [5, 5.41) is 3.12. The van der Waals surface area contributed by atoms with Crippen LogP contribution in [0.1, 0.15) is 19.4 Å². The average molecular weight is 265 g/mol. The van der Waals surface area contributed by atoms with Crippen LogP contribution in [0.3, 0.4) is 0 Å². The first-order chi connectivity index (χ1) is 9.02. The van der Waals surface area contributed by atoms with Gasteiger partial charge in [-0.25, -0.2) is 4.39 Å². The van der Waals surface area contributed by atoms with Gasteiger partial charge in [0.15, 0.2) is 0 Å². The Morgan fingerprint density at radius 2 is 1.89 bits per heavy atom. The molecule has 2 rings (SSSR count). The zero-order valence-electron chi connectivity index (χ0n) is 12.3. The van der Waals surface area contributed by atoms with Crippen LogP contribution in [0.4, 0.5) is 10.1 Å². The van der Waals surface area contributed by atoms with Crippen LogP contribution in [-0.4, -0.2) is 44.2 Å². The Hall–Kier alpha value is -1.13. The fraction of sp³-hybridized carbons (Fsp3) is 0.600. The third kappa shape index (κ3) is 3.07.